The van der Waals surface area contributed by atoms with Crippen molar-refractivity contribution in [2.75, 3.05) is 19.7 Å². The van der Waals surface area contributed by atoms with E-state index in [1.54, 1.807) is 4.90 Å². The number of nitrogens with zero attached hydrogens (tertiary/aromatic N) is 1. The Balaban J connectivity index is 2.20. The van der Waals surface area contributed by atoms with Gasteiger partial charge in [-0.2, -0.15) is 0 Å². The maximum atomic E-state index is 12.9. The maximum absolute atomic E-state index is 12.9. The first-order chi connectivity index (χ1) is 5.58. The largest absolute Gasteiger partial charge is 0.394 e. The van der Waals surface area contributed by atoms with Crippen LogP contribution in [-0.4, -0.2) is 41.2 Å². The Morgan fingerprint density at radius 1 is 1.42 bits per heavy atom. The standard InChI is InChI=1S/C8H13F2NO/c9-8(10)4-7(6-12)2-1-3-11(7)5-8/h12H,1-6H2/t7-/m0/s1. The molecule has 4 heteroatoms. The molecular formula is C8H13F2NO. The van der Waals surface area contributed by atoms with Gasteiger partial charge in [-0.05, 0) is 19.4 Å². The van der Waals surface area contributed by atoms with Gasteiger partial charge in [-0.3, -0.25) is 4.90 Å². The van der Waals surface area contributed by atoms with E-state index in [9.17, 15) is 8.78 Å². The Morgan fingerprint density at radius 3 is 2.75 bits per heavy atom. The number of halogens is 2. The summed E-state index contributed by atoms with van der Waals surface area (Å²) in [5.74, 6) is -2.58. The Hall–Kier alpha value is -0.220. The highest BCUT2D eigenvalue weighted by Gasteiger charge is 2.56. The Kier molecular flexibility index (Phi) is 1.67. The summed E-state index contributed by atoms with van der Waals surface area (Å²) in [5.41, 5.74) is -0.580. The second-order valence-corrected chi connectivity index (χ2v) is 3.94. The van der Waals surface area contributed by atoms with Gasteiger partial charge >= 0.3 is 0 Å². The average Bonchev–Trinajstić information content (AvgIpc) is 2.40. The third kappa shape index (κ3) is 1.05. The molecule has 0 radical (unpaired) electrons. The third-order valence-corrected chi connectivity index (χ3v) is 3.05. The summed E-state index contributed by atoms with van der Waals surface area (Å²) >= 11 is 0. The molecule has 0 bridgehead atoms. The molecule has 0 amide bonds. The molecule has 0 aromatic heterocycles. The first-order valence-electron chi connectivity index (χ1n) is 4.32. The molecule has 1 atom stereocenters. The molecule has 0 spiro atoms. The maximum Gasteiger partial charge on any atom is 0.262 e. The van der Waals surface area contributed by atoms with E-state index in [-0.39, 0.29) is 19.6 Å². The number of hydrogen-bond acceptors (Lipinski definition) is 2. The highest BCUT2D eigenvalue weighted by Crippen LogP contribution is 2.45. The summed E-state index contributed by atoms with van der Waals surface area (Å²) in [4.78, 5) is 1.74. The van der Waals surface area contributed by atoms with Crippen LogP contribution in [0.2, 0.25) is 0 Å². The van der Waals surface area contributed by atoms with E-state index < -0.39 is 11.5 Å². The van der Waals surface area contributed by atoms with E-state index in [1.165, 1.54) is 0 Å². The van der Waals surface area contributed by atoms with Crippen molar-refractivity contribution in [1.29, 1.82) is 0 Å². The summed E-state index contributed by atoms with van der Waals surface area (Å²) in [6.45, 7) is 0.437. The molecule has 0 aliphatic carbocycles. The van der Waals surface area contributed by atoms with Gasteiger partial charge in [0.2, 0.25) is 0 Å². The number of alkyl halides is 2. The highest BCUT2D eigenvalue weighted by atomic mass is 19.3. The Bertz CT molecular complexity index is 197. The fourth-order valence-electron chi connectivity index (χ4n) is 2.49. The fourth-order valence-corrected chi connectivity index (χ4v) is 2.49. The molecule has 1 N–H and O–H groups in total. The van der Waals surface area contributed by atoms with Gasteiger partial charge in [0.15, 0.2) is 0 Å². The molecule has 0 aromatic carbocycles. The minimum absolute atomic E-state index is 0.122. The van der Waals surface area contributed by atoms with Gasteiger partial charge < -0.3 is 5.11 Å². The summed E-state index contributed by atoms with van der Waals surface area (Å²) < 4.78 is 25.9. The molecule has 2 aliphatic heterocycles. The van der Waals surface area contributed by atoms with Crippen molar-refractivity contribution in [3.05, 3.63) is 0 Å². The minimum Gasteiger partial charge on any atom is -0.394 e. The lowest BCUT2D eigenvalue weighted by molar-refractivity contribution is 0.00767. The first-order valence-corrected chi connectivity index (χ1v) is 4.32. The average molecular weight is 177 g/mol. The number of rotatable bonds is 1. The van der Waals surface area contributed by atoms with Crippen molar-refractivity contribution in [2.24, 2.45) is 0 Å². The summed E-state index contributed by atoms with van der Waals surface area (Å²) in [5, 5.41) is 9.08. The van der Waals surface area contributed by atoms with Crippen LogP contribution in [0.3, 0.4) is 0 Å². The summed E-state index contributed by atoms with van der Waals surface area (Å²) in [6, 6.07) is 0. The van der Waals surface area contributed by atoms with Gasteiger partial charge in [-0.1, -0.05) is 0 Å². The number of fused-ring (bicyclic) bond motifs is 1. The van der Waals surface area contributed by atoms with Gasteiger partial charge in [0.1, 0.15) is 0 Å². The van der Waals surface area contributed by atoms with Crippen LogP contribution in [0.15, 0.2) is 0 Å². The van der Waals surface area contributed by atoms with E-state index >= 15 is 0 Å². The predicted molar refractivity (Wildman–Crippen MR) is 40.2 cm³/mol. The van der Waals surface area contributed by atoms with E-state index in [2.05, 4.69) is 0 Å². The van der Waals surface area contributed by atoms with Crippen LogP contribution in [0, 0.1) is 0 Å². The van der Waals surface area contributed by atoms with Crippen LogP contribution in [0.1, 0.15) is 19.3 Å². The van der Waals surface area contributed by atoms with Crippen molar-refractivity contribution >= 4 is 0 Å². The monoisotopic (exact) mass is 177 g/mol. The van der Waals surface area contributed by atoms with Crippen LogP contribution < -0.4 is 0 Å². The van der Waals surface area contributed by atoms with Gasteiger partial charge in [0.05, 0.1) is 18.7 Å². The predicted octanol–water partition coefficient (Wildman–Crippen LogP) is 0.852. The van der Waals surface area contributed by atoms with Gasteiger partial charge in [-0.15, -0.1) is 0 Å². The Morgan fingerprint density at radius 2 is 2.17 bits per heavy atom. The molecule has 2 nitrogen and oxygen atoms in total. The minimum atomic E-state index is -2.58. The zero-order valence-electron chi connectivity index (χ0n) is 6.89. The normalized spacial score (nSPS) is 40.2. The number of aliphatic hydroxyl groups is 1. The van der Waals surface area contributed by atoms with Crippen molar-refractivity contribution in [1.82, 2.24) is 4.90 Å². The summed E-state index contributed by atoms with van der Waals surface area (Å²) in [6.07, 6.45) is 1.51. The van der Waals surface area contributed by atoms with Crippen molar-refractivity contribution in [3.8, 4) is 0 Å². The molecule has 0 aromatic rings. The molecule has 2 rings (SSSR count). The lowest BCUT2D eigenvalue weighted by atomic mass is 9.94. The lowest BCUT2D eigenvalue weighted by Gasteiger charge is -2.28. The van der Waals surface area contributed by atoms with Gasteiger partial charge in [0.25, 0.3) is 5.92 Å². The first kappa shape index (κ1) is 8.38. The number of aliphatic hydroxyl groups excluding tert-OH is 1. The quantitative estimate of drug-likeness (QED) is 0.642. The van der Waals surface area contributed by atoms with Crippen molar-refractivity contribution in [3.63, 3.8) is 0 Å². The topological polar surface area (TPSA) is 23.5 Å². The van der Waals surface area contributed by atoms with E-state index in [1.807, 2.05) is 0 Å². The van der Waals surface area contributed by atoms with Crippen LogP contribution in [-0.2, 0) is 0 Å². The van der Waals surface area contributed by atoms with Crippen molar-refractivity contribution < 1.29 is 13.9 Å². The van der Waals surface area contributed by atoms with Crippen LogP contribution >= 0.6 is 0 Å². The smallest absolute Gasteiger partial charge is 0.262 e. The zero-order valence-corrected chi connectivity index (χ0v) is 6.89. The van der Waals surface area contributed by atoms with Crippen LogP contribution in [0.25, 0.3) is 0 Å². The molecule has 70 valence electrons. The molecule has 0 unspecified atom stereocenters. The van der Waals surface area contributed by atoms with Crippen LogP contribution in [0.4, 0.5) is 8.78 Å². The molecule has 2 saturated heterocycles. The van der Waals surface area contributed by atoms with Crippen molar-refractivity contribution in [2.45, 2.75) is 30.7 Å². The lowest BCUT2D eigenvalue weighted by Crippen LogP contribution is -2.41. The van der Waals surface area contributed by atoms with E-state index in [4.69, 9.17) is 5.11 Å². The number of hydrogen-bond donors (Lipinski definition) is 1. The molecular weight excluding hydrogens is 164 g/mol. The summed E-state index contributed by atoms with van der Waals surface area (Å²) in [7, 11) is 0. The zero-order chi connectivity index (χ0) is 8.82. The molecule has 0 saturated carbocycles. The SMILES string of the molecule is OC[C@@]12CCCN1CC(F)(F)C2. The van der Waals surface area contributed by atoms with Crippen LogP contribution in [0.5, 0.6) is 0 Å². The molecule has 2 heterocycles. The molecule has 12 heavy (non-hydrogen) atoms. The fraction of sp³-hybridized carbons (Fsp3) is 1.00. The van der Waals surface area contributed by atoms with Gasteiger partial charge in [0, 0.05) is 6.42 Å². The van der Waals surface area contributed by atoms with Gasteiger partial charge in [-0.25, -0.2) is 8.78 Å². The highest BCUT2D eigenvalue weighted by molar-refractivity contribution is 5.05. The van der Waals surface area contributed by atoms with E-state index in [0.29, 0.717) is 0 Å². The third-order valence-electron chi connectivity index (χ3n) is 3.05. The molecule has 2 fully saturated rings. The van der Waals surface area contributed by atoms with E-state index in [0.717, 1.165) is 19.4 Å². The second-order valence-electron chi connectivity index (χ2n) is 3.94. The molecule has 2 aliphatic rings. The second kappa shape index (κ2) is 2.39. The Labute approximate surface area is 70.2 Å².